The van der Waals surface area contributed by atoms with Gasteiger partial charge in [0.1, 0.15) is 18.0 Å². The molecule has 2 N–H and O–H groups in total. The molecule has 0 saturated carbocycles. The molecule has 32 heavy (non-hydrogen) atoms. The third kappa shape index (κ3) is 4.28. The van der Waals surface area contributed by atoms with E-state index in [0.717, 1.165) is 44.0 Å². The van der Waals surface area contributed by atoms with Crippen molar-refractivity contribution >= 4 is 23.0 Å². The predicted octanol–water partition coefficient (Wildman–Crippen LogP) is 3.77. The summed E-state index contributed by atoms with van der Waals surface area (Å²) in [6.45, 7) is 10.4. The number of nitrogens with one attached hydrogen (secondary N) is 1. The molecule has 1 saturated heterocycles. The molecular weight excluding hydrogens is 400 g/mol. The maximum Gasteiger partial charge on any atom is 0.187 e. The lowest BCUT2D eigenvalue weighted by atomic mass is 9.94. The van der Waals surface area contributed by atoms with Crippen LogP contribution in [0.2, 0.25) is 0 Å². The molecule has 5 rings (SSSR count). The number of piperidine rings is 1. The van der Waals surface area contributed by atoms with E-state index in [4.69, 9.17) is 6.57 Å². The van der Waals surface area contributed by atoms with Gasteiger partial charge in [0.25, 0.3) is 0 Å². The first-order valence-electron chi connectivity index (χ1n) is 11.0. The fraction of sp³-hybridized carbons (Fsp3) is 0.320. The van der Waals surface area contributed by atoms with Crippen LogP contribution in [0.4, 0.5) is 23.0 Å². The number of aromatic nitrogens is 2. The van der Waals surface area contributed by atoms with Crippen molar-refractivity contribution in [2.24, 2.45) is 0 Å². The Bertz CT molecular complexity index is 1130. The van der Waals surface area contributed by atoms with E-state index in [1.165, 1.54) is 11.1 Å². The molecule has 0 amide bonds. The first kappa shape index (κ1) is 20.4. The molecule has 7 heteroatoms. The Labute approximate surface area is 188 Å². The topological polar surface area (TPSA) is 68.9 Å². The van der Waals surface area contributed by atoms with Gasteiger partial charge in [-0.1, -0.05) is 36.4 Å². The van der Waals surface area contributed by atoms with Gasteiger partial charge < -0.3 is 15.3 Å². The molecule has 2 aromatic carbocycles. The summed E-state index contributed by atoms with van der Waals surface area (Å²) in [5, 5.41) is 14.3. The molecule has 2 aliphatic heterocycles. The molecule has 0 bridgehead atoms. The minimum absolute atomic E-state index is 0.167. The average molecular weight is 427 g/mol. The Kier molecular flexibility index (Phi) is 5.71. The van der Waals surface area contributed by atoms with Gasteiger partial charge in [-0.25, -0.2) is 14.8 Å². The van der Waals surface area contributed by atoms with Gasteiger partial charge in [0.2, 0.25) is 0 Å². The van der Waals surface area contributed by atoms with Crippen molar-refractivity contribution in [3.05, 3.63) is 83.5 Å². The van der Waals surface area contributed by atoms with E-state index >= 15 is 0 Å². The van der Waals surface area contributed by atoms with Crippen LogP contribution in [0.25, 0.3) is 4.85 Å². The number of hydrogen-bond donors (Lipinski definition) is 2. The van der Waals surface area contributed by atoms with Crippen LogP contribution in [-0.2, 0) is 13.0 Å². The molecule has 2 aliphatic rings. The molecular formula is C25H26N6O. The zero-order valence-corrected chi connectivity index (χ0v) is 17.9. The Morgan fingerprint density at radius 1 is 1.03 bits per heavy atom. The smallest absolute Gasteiger partial charge is 0.187 e. The van der Waals surface area contributed by atoms with Crippen molar-refractivity contribution in [1.82, 2.24) is 14.9 Å². The second-order valence-corrected chi connectivity index (χ2v) is 8.40. The molecule has 3 aromatic rings. The molecule has 0 radical (unpaired) electrons. The zero-order valence-electron chi connectivity index (χ0n) is 17.9. The number of hydrogen-bond acceptors (Lipinski definition) is 6. The van der Waals surface area contributed by atoms with Crippen molar-refractivity contribution in [3.8, 4) is 0 Å². The third-order valence-electron chi connectivity index (χ3n) is 6.42. The summed E-state index contributed by atoms with van der Waals surface area (Å²) in [5.41, 5.74) is 4.28. The van der Waals surface area contributed by atoms with Crippen LogP contribution in [0.5, 0.6) is 0 Å². The number of aliphatic hydroxyl groups excluding tert-OH is 1. The average Bonchev–Trinajstić information content (AvgIpc) is 2.84. The van der Waals surface area contributed by atoms with Gasteiger partial charge in [-0.2, -0.15) is 0 Å². The maximum absolute atomic E-state index is 11.0. The minimum Gasteiger partial charge on any atom is -0.390 e. The molecule has 0 spiro atoms. The van der Waals surface area contributed by atoms with E-state index < -0.39 is 6.10 Å². The highest BCUT2D eigenvalue weighted by molar-refractivity contribution is 5.62. The largest absolute Gasteiger partial charge is 0.390 e. The summed E-state index contributed by atoms with van der Waals surface area (Å²) in [7, 11) is 0. The summed E-state index contributed by atoms with van der Waals surface area (Å²) >= 11 is 0. The number of rotatable bonds is 4. The second kappa shape index (κ2) is 8.95. The van der Waals surface area contributed by atoms with Crippen LogP contribution < -0.4 is 10.2 Å². The van der Waals surface area contributed by atoms with Crippen LogP contribution in [-0.4, -0.2) is 51.8 Å². The normalized spacial score (nSPS) is 20.9. The van der Waals surface area contributed by atoms with Crippen LogP contribution in [0.15, 0.2) is 60.9 Å². The van der Waals surface area contributed by atoms with E-state index in [-0.39, 0.29) is 6.04 Å². The van der Waals surface area contributed by atoms with Gasteiger partial charge in [-0.15, -0.1) is 0 Å². The van der Waals surface area contributed by atoms with Crippen LogP contribution in [0, 0.1) is 6.57 Å². The van der Waals surface area contributed by atoms with Crippen molar-refractivity contribution < 1.29 is 5.11 Å². The van der Waals surface area contributed by atoms with E-state index in [9.17, 15) is 5.11 Å². The summed E-state index contributed by atoms with van der Waals surface area (Å²) in [6, 6.07) is 18.0. The maximum atomic E-state index is 11.0. The van der Waals surface area contributed by atoms with Crippen LogP contribution in [0.3, 0.4) is 0 Å². The Hall–Kier alpha value is -3.47. The first-order valence-corrected chi connectivity index (χ1v) is 11.0. The minimum atomic E-state index is -0.429. The molecule has 2 atom stereocenters. The highest BCUT2D eigenvalue weighted by atomic mass is 16.3. The predicted molar refractivity (Wildman–Crippen MR) is 125 cm³/mol. The van der Waals surface area contributed by atoms with Crippen molar-refractivity contribution in [2.75, 3.05) is 29.9 Å². The molecule has 3 heterocycles. The third-order valence-corrected chi connectivity index (χ3v) is 6.42. The standard InChI is InChI=1S/C25H26N6O/c1-26-20-6-8-21(9-7-20)29-24-14-25(28-17-27-24)31-13-11-22(23(32)16-31)30-12-10-18-4-2-3-5-19(18)15-30/h2-9,14,17,22-23,32H,10-13,15-16H2,(H,27,28,29)/t22?,23-/m0/s1. The molecule has 1 unspecified atom stereocenters. The van der Waals surface area contributed by atoms with E-state index in [1.54, 1.807) is 18.5 Å². The number of aliphatic hydroxyl groups is 1. The number of nitrogens with zero attached hydrogens (tertiary/aromatic N) is 5. The number of fused-ring (bicyclic) bond motifs is 1. The Morgan fingerprint density at radius 3 is 2.62 bits per heavy atom. The number of anilines is 3. The highest BCUT2D eigenvalue weighted by Gasteiger charge is 2.34. The lowest BCUT2D eigenvalue weighted by Crippen LogP contribution is -2.55. The second-order valence-electron chi connectivity index (χ2n) is 8.40. The summed E-state index contributed by atoms with van der Waals surface area (Å²) in [4.78, 5) is 16.7. The molecule has 1 fully saturated rings. The van der Waals surface area contributed by atoms with Crippen LogP contribution >= 0.6 is 0 Å². The van der Waals surface area contributed by atoms with E-state index in [2.05, 4.69) is 54.2 Å². The van der Waals surface area contributed by atoms with Gasteiger partial charge in [0, 0.05) is 44.0 Å². The SMILES string of the molecule is [C-]#[N+]c1ccc(Nc2cc(N3CCC(N4CCc5ccccc5C4)[C@@H](O)C3)ncn2)cc1. The summed E-state index contributed by atoms with van der Waals surface area (Å²) in [5.74, 6) is 1.50. The van der Waals surface area contributed by atoms with Crippen LogP contribution in [0.1, 0.15) is 17.5 Å². The quantitative estimate of drug-likeness (QED) is 0.619. The van der Waals surface area contributed by atoms with Gasteiger partial charge in [-0.05, 0) is 36.1 Å². The van der Waals surface area contributed by atoms with Crippen molar-refractivity contribution in [1.29, 1.82) is 0 Å². The highest BCUT2D eigenvalue weighted by Crippen LogP contribution is 2.28. The monoisotopic (exact) mass is 426 g/mol. The van der Waals surface area contributed by atoms with Gasteiger partial charge in [0.15, 0.2) is 5.69 Å². The molecule has 162 valence electrons. The fourth-order valence-corrected chi connectivity index (χ4v) is 4.71. The van der Waals surface area contributed by atoms with Gasteiger partial charge in [0.05, 0.1) is 12.7 Å². The Morgan fingerprint density at radius 2 is 1.84 bits per heavy atom. The number of benzene rings is 2. The lowest BCUT2D eigenvalue weighted by molar-refractivity contribution is 0.0293. The Balaban J connectivity index is 1.24. The fourth-order valence-electron chi connectivity index (χ4n) is 4.71. The first-order chi connectivity index (χ1) is 15.7. The number of β-amino-alcohol motifs (C(OH)–C–C–N with tert-alkyl or cyclic N) is 1. The molecule has 0 aliphatic carbocycles. The molecule has 1 aromatic heterocycles. The van der Waals surface area contributed by atoms with E-state index in [0.29, 0.717) is 18.1 Å². The zero-order chi connectivity index (χ0) is 21.9. The van der Waals surface area contributed by atoms with Gasteiger partial charge >= 0.3 is 0 Å². The van der Waals surface area contributed by atoms with Crippen molar-refractivity contribution in [3.63, 3.8) is 0 Å². The summed E-state index contributed by atoms with van der Waals surface area (Å²) in [6.07, 6.45) is 3.06. The lowest BCUT2D eigenvalue weighted by Gasteiger charge is -2.43. The summed E-state index contributed by atoms with van der Waals surface area (Å²) < 4.78 is 0. The van der Waals surface area contributed by atoms with Gasteiger partial charge in [-0.3, -0.25) is 4.90 Å². The van der Waals surface area contributed by atoms with E-state index in [1.807, 2.05) is 18.2 Å². The van der Waals surface area contributed by atoms with Crippen molar-refractivity contribution in [2.45, 2.75) is 31.5 Å². The molecule has 7 nitrogen and oxygen atoms in total.